The lowest BCUT2D eigenvalue weighted by Gasteiger charge is -2.08. The largest absolute Gasteiger partial charge is 0.322 e. The lowest BCUT2D eigenvalue weighted by Crippen LogP contribution is -2.11. The molecule has 0 saturated carbocycles. The summed E-state index contributed by atoms with van der Waals surface area (Å²) in [6, 6.07) is 25.6. The maximum Gasteiger partial charge on any atom is 0.255 e. The first-order valence-corrected chi connectivity index (χ1v) is 9.52. The van der Waals surface area contributed by atoms with Crippen LogP contribution in [0.25, 0.3) is 27.7 Å². The minimum Gasteiger partial charge on any atom is -0.322 e. The number of rotatable bonds is 3. The number of amides is 1. The zero-order valence-corrected chi connectivity index (χ0v) is 16.0. The summed E-state index contributed by atoms with van der Waals surface area (Å²) in [7, 11) is 0. The molecule has 0 bridgehead atoms. The summed E-state index contributed by atoms with van der Waals surface area (Å²) in [6.45, 7) is 2.05. The van der Waals surface area contributed by atoms with Crippen LogP contribution in [0.4, 0.5) is 5.69 Å². The summed E-state index contributed by atoms with van der Waals surface area (Å²) in [4.78, 5) is 17.5. The third-order valence-electron chi connectivity index (χ3n) is 5.11. The van der Waals surface area contributed by atoms with Crippen molar-refractivity contribution in [2.24, 2.45) is 0 Å². The lowest BCUT2D eigenvalue weighted by molar-refractivity contribution is 0.102. The molecule has 3 aromatic carbocycles. The van der Waals surface area contributed by atoms with E-state index in [1.165, 1.54) is 0 Å². The van der Waals surface area contributed by atoms with Gasteiger partial charge < -0.3 is 9.72 Å². The van der Waals surface area contributed by atoms with E-state index in [1.54, 1.807) is 0 Å². The summed E-state index contributed by atoms with van der Waals surface area (Å²) >= 11 is 0. The van der Waals surface area contributed by atoms with Crippen LogP contribution in [0.1, 0.15) is 15.9 Å². The van der Waals surface area contributed by atoms with Gasteiger partial charge in [-0.3, -0.25) is 4.79 Å². The maximum atomic E-state index is 12.8. The van der Waals surface area contributed by atoms with Gasteiger partial charge >= 0.3 is 0 Å². The van der Waals surface area contributed by atoms with E-state index in [9.17, 15) is 4.79 Å². The molecule has 0 spiro atoms. The number of pyridine rings is 1. The molecule has 0 aliphatic carbocycles. The molecule has 2 aromatic heterocycles. The van der Waals surface area contributed by atoms with Crippen molar-refractivity contribution < 1.29 is 4.79 Å². The van der Waals surface area contributed by atoms with Crippen molar-refractivity contribution >= 4 is 28.0 Å². The summed E-state index contributed by atoms with van der Waals surface area (Å²) in [6.07, 6.45) is 4.00. The van der Waals surface area contributed by atoms with Gasteiger partial charge in [-0.2, -0.15) is 0 Å². The number of nitrogens with zero attached hydrogens (tertiary/aromatic N) is 2. The van der Waals surface area contributed by atoms with E-state index in [4.69, 9.17) is 4.98 Å². The third-order valence-corrected chi connectivity index (χ3v) is 5.11. The highest BCUT2D eigenvalue weighted by molar-refractivity contribution is 6.06. The van der Waals surface area contributed by atoms with E-state index in [1.807, 2.05) is 103 Å². The fraction of sp³-hybridized carbons (Fsp3) is 0.0400. The molecular formula is C25H19N3O. The molecule has 2 heterocycles. The van der Waals surface area contributed by atoms with Crippen molar-refractivity contribution in [1.29, 1.82) is 0 Å². The van der Waals surface area contributed by atoms with Crippen molar-refractivity contribution in [3.8, 4) is 11.3 Å². The number of benzene rings is 3. The number of imidazole rings is 1. The van der Waals surface area contributed by atoms with Gasteiger partial charge in [0.15, 0.2) is 0 Å². The number of aromatic nitrogens is 2. The van der Waals surface area contributed by atoms with Crippen molar-refractivity contribution in [3.05, 3.63) is 102 Å². The summed E-state index contributed by atoms with van der Waals surface area (Å²) in [5.41, 5.74) is 5.28. The van der Waals surface area contributed by atoms with Gasteiger partial charge in [-0.15, -0.1) is 0 Å². The lowest BCUT2D eigenvalue weighted by atomic mass is 10.1. The summed E-state index contributed by atoms with van der Waals surface area (Å²) in [5, 5.41) is 5.17. The van der Waals surface area contributed by atoms with Crippen molar-refractivity contribution in [2.75, 3.05) is 5.32 Å². The summed E-state index contributed by atoms with van der Waals surface area (Å²) in [5.74, 6) is -0.126. The Bertz CT molecular complexity index is 1370. The number of aryl methyl sites for hydroxylation is 1. The highest BCUT2D eigenvalue weighted by atomic mass is 16.1. The standard InChI is InChI=1S/C25H19N3O/c1-17-6-5-13-28-16-23(27-24(17)28)20-9-4-10-22(15-20)26-25(29)21-12-11-18-7-2-3-8-19(18)14-21/h2-16H,1H3,(H,26,29). The van der Waals surface area contributed by atoms with Crippen molar-refractivity contribution in [1.82, 2.24) is 9.38 Å². The van der Waals surface area contributed by atoms with Gasteiger partial charge in [-0.25, -0.2) is 4.98 Å². The molecule has 29 heavy (non-hydrogen) atoms. The van der Waals surface area contributed by atoms with Gasteiger partial charge in [0.2, 0.25) is 0 Å². The van der Waals surface area contributed by atoms with Gasteiger partial charge in [-0.05, 0) is 53.6 Å². The van der Waals surface area contributed by atoms with Crippen molar-refractivity contribution in [3.63, 3.8) is 0 Å². The topological polar surface area (TPSA) is 46.4 Å². The zero-order valence-electron chi connectivity index (χ0n) is 16.0. The van der Waals surface area contributed by atoms with E-state index < -0.39 is 0 Å². The SMILES string of the molecule is Cc1cccn2cc(-c3cccc(NC(=O)c4ccc5ccccc5c4)c3)nc12. The van der Waals surface area contributed by atoms with Crippen LogP contribution in [0.2, 0.25) is 0 Å². The first-order valence-electron chi connectivity index (χ1n) is 9.52. The average Bonchev–Trinajstić information content (AvgIpc) is 3.19. The molecule has 0 saturated heterocycles. The molecular weight excluding hydrogens is 358 g/mol. The highest BCUT2D eigenvalue weighted by Gasteiger charge is 2.10. The van der Waals surface area contributed by atoms with Crippen LogP contribution >= 0.6 is 0 Å². The minimum atomic E-state index is -0.126. The van der Waals surface area contributed by atoms with Gasteiger partial charge in [0, 0.05) is 29.2 Å². The van der Waals surface area contributed by atoms with E-state index in [0.717, 1.165) is 38.9 Å². The van der Waals surface area contributed by atoms with E-state index in [-0.39, 0.29) is 5.91 Å². The minimum absolute atomic E-state index is 0.126. The third kappa shape index (κ3) is 3.25. The normalized spacial score (nSPS) is 11.1. The molecule has 0 aliphatic rings. The molecule has 1 amide bonds. The van der Waals surface area contributed by atoms with Crippen LogP contribution in [0.3, 0.4) is 0 Å². The molecule has 4 heteroatoms. The Morgan fingerprint density at radius 2 is 1.76 bits per heavy atom. The molecule has 4 nitrogen and oxygen atoms in total. The fourth-order valence-electron chi connectivity index (χ4n) is 3.58. The van der Waals surface area contributed by atoms with Crippen LogP contribution in [0, 0.1) is 6.92 Å². The second kappa shape index (κ2) is 6.91. The number of fused-ring (bicyclic) bond motifs is 2. The van der Waals surface area contributed by atoms with E-state index in [2.05, 4.69) is 5.32 Å². The second-order valence-electron chi connectivity index (χ2n) is 7.15. The average molecular weight is 377 g/mol. The Kier molecular flexibility index (Phi) is 4.10. The Balaban J connectivity index is 1.44. The number of carbonyl (C=O) groups excluding carboxylic acids is 1. The predicted octanol–water partition coefficient (Wildman–Crippen LogP) is 5.72. The van der Waals surface area contributed by atoms with E-state index in [0.29, 0.717) is 5.56 Å². The number of anilines is 1. The number of nitrogens with one attached hydrogen (secondary N) is 1. The molecule has 5 aromatic rings. The quantitative estimate of drug-likeness (QED) is 0.437. The Labute approximate surface area is 168 Å². The second-order valence-corrected chi connectivity index (χ2v) is 7.15. The molecule has 140 valence electrons. The van der Waals surface area contributed by atoms with Crippen LogP contribution in [-0.2, 0) is 0 Å². The Morgan fingerprint density at radius 1 is 0.897 bits per heavy atom. The molecule has 5 rings (SSSR count). The molecule has 0 unspecified atom stereocenters. The zero-order chi connectivity index (χ0) is 19.8. The number of carbonyl (C=O) groups is 1. The molecule has 0 aliphatic heterocycles. The van der Waals surface area contributed by atoms with Crippen molar-refractivity contribution in [2.45, 2.75) is 6.92 Å². The maximum absolute atomic E-state index is 12.8. The van der Waals surface area contributed by atoms with Gasteiger partial charge in [0.1, 0.15) is 5.65 Å². The number of hydrogen-bond donors (Lipinski definition) is 1. The monoisotopic (exact) mass is 377 g/mol. The van der Waals surface area contributed by atoms with Crippen LogP contribution < -0.4 is 5.32 Å². The molecule has 1 N–H and O–H groups in total. The van der Waals surface area contributed by atoms with Crippen LogP contribution in [-0.4, -0.2) is 15.3 Å². The van der Waals surface area contributed by atoms with Gasteiger partial charge in [0.05, 0.1) is 5.69 Å². The Hall–Kier alpha value is -3.92. The molecule has 0 atom stereocenters. The van der Waals surface area contributed by atoms with Crippen LogP contribution in [0.5, 0.6) is 0 Å². The first kappa shape index (κ1) is 17.2. The van der Waals surface area contributed by atoms with Gasteiger partial charge in [-0.1, -0.05) is 48.5 Å². The highest BCUT2D eigenvalue weighted by Crippen LogP contribution is 2.24. The number of hydrogen-bond acceptors (Lipinski definition) is 2. The predicted molar refractivity (Wildman–Crippen MR) is 117 cm³/mol. The smallest absolute Gasteiger partial charge is 0.255 e. The molecule has 0 radical (unpaired) electrons. The van der Waals surface area contributed by atoms with E-state index >= 15 is 0 Å². The first-order chi connectivity index (χ1) is 14.2. The van der Waals surface area contributed by atoms with Crippen LogP contribution in [0.15, 0.2) is 91.3 Å². The molecule has 0 fully saturated rings. The fourth-order valence-corrected chi connectivity index (χ4v) is 3.58. The van der Waals surface area contributed by atoms with Gasteiger partial charge in [0.25, 0.3) is 5.91 Å². The Morgan fingerprint density at radius 3 is 2.62 bits per heavy atom. The summed E-state index contributed by atoms with van der Waals surface area (Å²) < 4.78 is 2.02.